The minimum atomic E-state index is -4.70. The van der Waals surface area contributed by atoms with Gasteiger partial charge in [0.1, 0.15) is 24.0 Å². The highest BCUT2D eigenvalue weighted by atomic mass is 35.5. The molecule has 0 aromatic carbocycles. The third-order valence-corrected chi connectivity index (χ3v) is 4.83. The van der Waals surface area contributed by atoms with E-state index >= 15 is 0 Å². The van der Waals surface area contributed by atoms with Crippen LogP contribution >= 0.6 is 11.6 Å². The zero-order chi connectivity index (χ0) is 22.9. The Kier molecular flexibility index (Phi) is 7.38. The quantitative estimate of drug-likeness (QED) is 0.441. The molecular weight excluding hydrogens is 447 g/mol. The number of rotatable bonds is 5. The number of halogens is 8. The fourth-order valence-electron chi connectivity index (χ4n) is 2.50. The number of alkyl halides is 7. The Morgan fingerprint density at radius 2 is 1.43 bits per heavy atom. The molecule has 0 saturated heterocycles. The van der Waals surface area contributed by atoms with Crippen LogP contribution in [0.5, 0.6) is 0 Å². The summed E-state index contributed by atoms with van der Waals surface area (Å²) in [5, 5.41) is 12.8. The number of nitrogens with zero attached hydrogens (tertiary/aromatic N) is 3. The summed E-state index contributed by atoms with van der Waals surface area (Å²) in [5.74, 6) is -3.00. The molecule has 14 heteroatoms. The average molecular weight is 466 g/mol. The van der Waals surface area contributed by atoms with Gasteiger partial charge in [-0.15, -0.1) is 11.6 Å². The van der Waals surface area contributed by atoms with Gasteiger partial charge in [-0.2, -0.15) is 41.3 Å². The van der Waals surface area contributed by atoms with Crippen molar-refractivity contribution < 1.29 is 35.8 Å². The Bertz CT molecular complexity index is 746. The predicted molar refractivity (Wildman–Crippen MR) is 95.6 cm³/mol. The van der Waals surface area contributed by atoms with Gasteiger partial charge in [-0.1, -0.05) is 0 Å². The van der Waals surface area contributed by atoms with Gasteiger partial charge < -0.3 is 15.7 Å². The normalized spacial score (nSPS) is 23.0. The van der Waals surface area contributed by atoms with Gasteiger partial charge in [0.2, 0.25) is 11.9 Å². The highest BCUT2D eigenvalue weighted by Gasteiger charge is 2.38. The molecule has 170 valence electrons. The summed E-state index contributed by atoms with van der Waals surface area (Å²) in [5.41, 5.74) is -0.265. The molecule has 6 nitrogen and oxygen atoms in total. The lowest BCUT2D eigenvalue weighted by molar-refractivity contribution is -0.139. The van der Waals surface area contributed by atoms with Gasteiger partial charge in [0.15, 0.2) is 5.82 Å². The molecule has 1 aliphatic carbocycles. The molecule has 1 aliphatic rings. The summed E-state index contributed by atoms with van der Waals surface area (Å²) in [6.07, 6.45) is -10.6. The van der Waals surface area contributed by atoms with Gasteiger partial charge in [-0.25, -0.2) is 4.39 Å². The molecule has 0 bridgehead atoms. The Morgan fingerprint density at radius 3 is 1.87 bits per heavy atom. The van der Waals surface area contributed by atoms with Gasteiger partial charge >= 0.3 is 12.4 Å². The monoisotopic (exact) mass is 465 g/mol. The van der Waals surface area contributed by atoms with Crippen LogP contribution in [0.3, 0.4) is 0 Å². The lowest BCUT2D eigenvalue weighted by atomic mass is 10.1. The Hall–Kier alpha value is -1.89. The Labute approximate surface area is 171 Å². The molecule has 2 rings (SSSR count). The molecule has 0 aliphatic heterocycles. The van der Waals surface area contributed by atoms with E-state index in [2.05, 4.69) is 15.0 Å². The SMILES string of the molecule is C[C@@H](Nc1nc(N[C@H](C)C(F)(F)F)nc(C2=C(F)C(O)C(Cl)CCC2)n1)C(F)(F)F. The van der Waals surface area contributed by atoms with Crippen molar-refractivity contribution in [3.05, 3.63) is 11.7 Å². The molecule has 1 heterocycles. The maximum atomic E-state index is 14.6. The molecule has 1 aromatic rings. The van der Waals surface area contributed by atoms with Gasteiger partial charge in [0, 0.05) is 5.57 Å². The highest BCUT2D eigenvalue weighted by molar-refractivity contribution is 6.21. The minimum absolute atomic E-state index is 0.0291. The number of allylic oxidation sites excluding steroid dienone is 1. The first-order valence-corrected chi connectivity index (χ1v) is 9.27. The van der Waals surface area contributed by atoms with E-state index in [0.29, 0.717) is 6.42 Å². The third kappa shape index (κ3) is 6.06. The molecule has 3 N–H and O–H groups in total. The fourth-order valence-corrected chi connectivity index (χ4v) is 2.76. The van der Waals surface area contributed by atoms with E-state index in [1.807, 2.05) is 10.6 Å². The lowest BCUT2D eigenvalue weighted by Crippen LogP contribution is -2.35. The van der Waals surface area contributed by atoms with E-state index < -0.39 is 59.5 Å². The molecule has 4 atom stereocenters. The van der Waals surface area contributed by atoms with E-state index in [0.717, 1.165) is 13.8 Å². The Balaban J connectivity index is 2.50. The van der Waals surface area contributed by atoms with E-state index in [9.17, 15) is 35.8 Å². The zero-order valence-corrected chi connectivity index (χ0v) is 16.5. The number of aromatic nitrogens is 3. The summed E-state index contributed by atoms with van der Waals surface area (Å²) in [6.45, 7) is 1.50. The lowest BCUT2D eigenvalue weighted by Gasteiger charge is -2.20. The maximum absolute atomic E-state index is 14.6. The predicted octanol–water partition coefficient (Wildman–Crippen LogP) is 4.43. The van der Waals surface area contributed by atoms with Crippen molar-refractivity contribution in [1.82, 2.24) is 15.0 Å². The van der Waals surface area contributed by atoms with Crippen molar-refractivity contribution in [2.75, 3.05) is 10.6 Å². The summed E-state index contributed by atoms with van der Waals surface area (Å²) < 4.78 is 91.8. The van der Waals surface area contributed by atoms with Crippen molar-refractivity contribution in [2.45, 2.75) is 69.0 Å². The van der Waals surface area contributed by atoms with Crippen LogP contribution < -0.4 is 10.6 Å². The van der Waals surface area contributed by atoms with Crippen molar-refractivity contribution in [2.24, 2.45) is 0 Å². The van der Waals surface area contributed by atoms with Crippen LogP contribution in [0, 0.1) is 0 Å². The van der Waals surface area contributed by atoms with E-state index in [1.54, 1.807) is 0 Å². The first kappa shape index (κ1) is 24.4. The standard InChI is InChI=1S/C16H19ClF7N5O/c1-6(15(19,20)21)25-13-27-12(8-4-3-5-9(17)11(30)10(8)18)28-14(29-13)26-7(2)16(22,23)24/h6-7,9,11,30H,3-5H2,1-2H3,(H2,25,26,27,28,29)/t6-,7-,9?,11?/m1/s1. The highest BCUT2D eigenvalue weighted by Crippen LogP contribution is 2.34. The number of nitrogens with one attached hydrogen (secondary N) is 2. The number of aliphatic hydroxyl groups excluding tert-OH is 1. The third-order valence-electron chi connectivity index (χ3n) is 4.38. The molecular formula is C16H19ClF7N5O. The van der Waals surface area contributed by atoms with E-state index in [1.165, 1.54) is 0 Å². The molecule has 0 fully saturated rings. The second-order valence-corrected chi connectivity index (χ2v) is 7.36. The smallest absolute Gasteiger partial charge is 0.384 e. The van der Waals surface area contributed by atoms with Crippen LogP contribution in [-0.2, 0) is 0 Å². The van der Waals surface area contributed by atoms with Crippen molar-refractivity contribution in [3.8, 4) is 0 Å². The summed E-state index contributed by atoms with van der Waals surface area (Å²) in [6, 6.07) is -4.29. The molecule has 30 heavy (non-hydrogen) atoms. The van der Waals surface area contributed by atoms with Crippen LogP contribution in [0.25, 0.3) is 5.57 Å². The van der Waals surface area contributed by atoms with Crippen LogP contribution in [0.15, 0.2) is 5.83 Å². The summed E-state index contributed by atoms with van der Waals surface area (Å²) >= 11 is 5.87. The van der Waals surface area contributed by atoms with Gasteiger partial charge in [-0.05, 0) is 33.1 Å². The molecule has 0 saturated carbocycles. The second kappa shape index (κ2) is 9.08. The number of aliphatic hydroxyl groups is 1. The van der Waals surface area contributed by atoms with E-state index in [-0.39, 0.29) is 18.4 Å². The van der Waals surface area contributed by atoms with Crippen molar-refractivity contribution in [3.63, 3.8) is 0 Å². The number of hydrogen-bond donors (Lipinski definition) is 3. The second-order valence-electron chi connectivity index (χ2n) is 6.80. The van der Waals surface area contributed by atoms with Crippen molar-refractivity contribution in [1.29, 1.82) is 0 Å². The topological polar surface area (TPSA) is 83.0 Å². The van der Waals surface area contributed by atoms with Crippen LogP contribution in [0.2, 0.25) is 0 Å². The van der Waals surface area contributed by atoms with Gasteiger partial charge in [0.25, 0.3) is 0 Å². The number of anilines is 2. The first-order chi connectivity index (χ1) is 13.7. The van der Waals surface area contributed by atoms with Crippen LogP contribution in [-0.4, -0.2) is 56.0 Å². The van der Waals surface area contributed by atoms with Gasteiger partial charge in [-0.3, -0.25) is 0 Å². The molecule has 0 radical (unpaired) electrons. The van der Waals surface area contributed by atoms with Crippen LogP contribution in [0.4, 0.5) is 42.6 Å². The zero-order valence-electron chi connectivity index (χ0n) is 15.7. The largest absolute Gasteiger partial charge is 0.408 e. The first-order valence-electron chi connectivity index (χ1n) is 8.83. The van der Waals surface area contributed by atoms with E-state index in [4.69, 9.17) is 11.6 Å². The Morgan fingerprint density at radius 1 is 0.967 bits per heavy atom. The summed E-state index contributed by atoms with van der Waals surface area (Å²) in [7, 11) is 0. The molecule has 0 amide bonds. The van der Waals surface area contributed by atoms with Crippen molar-refractivity contribution >= 4 is 29.1 Å². The minimum Gasteiger partial charge on any atom is -0.384 e. The maximum Gasteiger partial charge on any atom is 0.408 e. The van der Waals surface area contributed by atoms with Gasteiger partial charge in [0.05, 0.1) is 5.38 Å². The molecule has 0 spiro atoms. The van der Waals surface area contributed by atoms with Crippen LogP contribution in [0.1, 0.15) is 38.9 Å². The number of hydrogen-bond acceptors (Lipinski definition) is 6. The summed E-state index contributed by atoms with van der Waals surface area (Å²) in [4.78, 5) is 11.0. The fraction of sp³-hybridized carbons (Fsp3) is 0.688. The molecule has 1 aromatic heterocycles. The average Bonchev–Trinajstić information content (AvgIpc) is 2.73. The molecule has 2 unspecified atom stereocenters.